The van der Waals surface area contributed by atoms with Gasteiger partial charge in [-0.15, -0.1) is 0 Å². The number of benzene rings is 2. The number of esters is 1. The highest BCUT2D eigenvalue weighted by atomic mass is 16.5. The highest BCUT2D eigenvalue weighted by molar-refractivity contribution is 5.87. The molecular weight excluding hydrogens is 346 g/mol. The van der Waals surface area contributed by atoms with Crippen molar-refractivity contribution in [2.75, 3.05) is 14.2 Å². The first-order chi connectivity index (χ1) is 13.2. The zero-order chi connectivity index (χ0) is 19.1. The lowest BCUT2D eigenvalue weighted by Gasteiger charge is -2.07. The van der Waals surface area contributed by atoms with Crippen LogP contribution in [0.25, 0.3) is 17.4 Å². The lowest BCUT2D eigenvalue weighted by Crippen LogP contribution is -2.01. The van der Waals surface area contributed by atoms with Crippen LogP contribution in [0.15, 0.2) is 65.2 Å². The van der Waals surface area contributed by atoms with Crippen molar-refractivity contribution in [1.29, 1.82) is 0 Å². The third kappa shape index (κ3) is 4.76. The van der Waals surface area contributed by atoms with Crippen LogP contribution in [0, 0.1) is 0 Å². The predicted molar refractivity (Wildman–Crippen MR) is 100 cm³/mol. The van der Waals surface area contributed by atoms with E-state index in [1.807, 2.05) is 30.3 Å². The molecule has 0 atom stereocenters. The Morgan fingerprint density at radius 3 is 2.63 bits per heavy atom. The fourth-order valence-corrected chi connectivity index (χ4v) is 2.43. The molecule has 0 aliphatic carbocycles. The van der Waals surface area contributed by atoms with Gasteiger partial charge in [0.05, 0.1) is 14.2 Å². The number of aromatic nitrogens is 1. The van der Waals surface area contributed by atoms with Crippen LogP contribution in [0.1, 0.15) is 11.3 Å². The first-order valence-corrected chi connectivity index (χ1v) is 8.27. The van der Waals surface area contributed by atoms with Gasteiger partial charge in [0.2, 0.25) is 0 Å². The normalized spacial score (nSPS) is 10.7. The van der Waals surface area contributed by atoms with E-state index in [2.05, 4.69) is 5.16 Å². The standard InChI is InChI=1S/C21H19NO5/c1-24-18-10-8-16(19(13-18)25-2)9-11-21(23)26-14-17-12-20(27-22-17)15-6-4-3-5-7-15/h3-13H,14H2,1-2H3/b11-9+. The van der Waals surface area contributed by atoms with E-state index in [9.17, 15) is 4.79 Å². The van der Waals surface area contributed by atoms with Crippen molar-refractivity contribution < 1.29 is 23.5 Å². The maximum atomic E-state index is 12.0. The Kier molecular flexibility index (Phi) is 5.89. The largest absolute Gasteiger partial charge is 0.497 e. The quantitative estimate of drug-likeness (QED) is 0.463. The van der Waals surface area contributed by atoms with E-state index in [1.165, 1.54) is 6.08 Å². The van der Waals surface area contributed by atoms with E-state index in [-0.39, 0.29) is 6.61 Å². The molecular formula is C21H19NO5. The minimum absolute atomic E-state index is 0.0270. The number of hydrogen-bond donors (Lipinski definition) is 0. The highest BCUT2D eigenvalue weighted by Crippen LogP contribution is 2.25. The molecule has 0 radical (unpaired) electrons. The van der Waals surface area contributed by atoms with Crippen molar-refractivity contribution in [3.05, 3.63) is 71.9 Å². The Labute approximate surface area is 157 Å². The second-order valence-electron chi connectivity index (χ2n) is 5.60. The number of methoxy groups -OCH3 is 2. The minimum Gasteiger partial charge on any atom is -0.497 e. The van der Waals surface area contributed by atoms with Crippen molar-refractivity contribution in [3.63, 3.8) is 0 Å². The molecule has 138 valence electrons. The average molecular weight is 365 g/mol. The van der Waals surface area contributed by atoms with E-state index in [0.717, 1.165) is 11.1 Å². The van der Waals surface area contributed by atoms with E-state index in [0.29, 0.717) is 23.0 Å². The Balaban J connectivity index is 1.59. The Hall–Kier alpha value is -3.54. The van der Waals surface area contributed by atoms with Crippen LogP contribution in [0.5, 0.6) is 11.5 Å². The van der Waals surface area contributed by atoms with Crippen LogP contribution in [0.2, 0.25) is 0 Å². The molecule has 0 aliphatic heterocycles. The lowest BCUT2D eigenvalue weighted by molar-refractivity contribution is -0.139. The monoisotopic (exact) mass is 365 g/mol. The summed E-state index contributed by atoms with van der Waals surface area (Å²) in [4.78, 5) is 12.0. The van der Waals surface area contributed by atoms with Gasteiger partial charge in [-0.25, -0.2) is 4.79 Å². The zero-order valence-electron chi connectivity index (χ0n) is 15.0. The summed E-state index contributed by atoms with van der Waals surface area (Å²) in [6, 6.07) is 16.7. The molecule has 0 aliphatic rings. The molecule has 0 amide bonds. The molecule has 6 nitrogen and oxygen atoms in total. The number of carbonyl (C=O) groups excluding carboxylic acids is 1. The van der Waals surface area contributed by atoms with Crippen LogP contribution >= 0.6 is 0 Å². The summed E-state index contributed by atoms with van der Waals surface area (Å²) in [6.45, 7) is 0.0270. The third-order valence-electron chi connectivity index (χ3n) is 3.82. The molecule has 0 bridgehead atoms. The zero-order valence-corrected chi connectivity index (χ0v) is 15.0. The van der Waals surface area contributed by atoms with Crippen molar-refractivity contribution in [2.24, 2.45) is 0 Å². The molecule has 0 fully saturated rings. The fourth-order valence-electron chi connectivity index (χ4n) is 2.43. The molecule has 0 unspecified atom stereocenters. The molecule has 0 N–H and O–H groups in total. The molecule has 1 heterocycles. The molecule has 6 heteroatoms. The molecule has 1 aromatic heterocycles. The Bertz CT molecular complexity index is 931. The summed E-state index contributed by atoms with van der Waals surface area (Å²) in [6.07, 6.45) is 2.96. The maximum absolute atomic E-state index is 12.0. The van der Waals surface area contributed by atoms with E-state index in [1.54, 1.807) is 44.6 Å². The fraction of sp³-hybridized carbons (Fsp3) is 0.143. The predicted octanol–water partition coefficient (Wildman–Crippen LogP) is 4.12. The van der Waals surface area contributed by atoms with Gasteiger partial charge in [-0.05, 0) is 18.2 Å². The van der Waals surface area contributed by atoms with Gasteiger partial charge in [-0.1, -0.05) is 35.5 Å². The summed E-state index contributed by atoms with van der Waals surface area (Å²) < 4.78 is 20.9. The van der Waals surface area contributed by atoms with Crippen molar-refractivity contribution in [1.82, 2.24) is 5.16 Å². The lowest BCUT2D eigenvalue weighted by atomic mass is 10.1. The van der Waals surface area contributed by atoms with Gasteiger partial charge in [-0.2, -0.15) is 0 Å². The first kappa shape index (κ1) is 18.3. The topological polar surface area (TPSA) is 70.8 Å². The van der Waals surface area contributed by atoms with Gasteiger partial charge in [0.15, 0.2) is 5.76 Å². The number of nitrogens with zero attached hydrogens (tertiary/aromatic N) is 1. The van der Waals surface area contributed by atoms with Crippen molar-refractivity contribution >= 4 is 12.0 Å². The summed E-state index contributed by atoms with van der Waals surface area (Å²) in [7, 11) is 3.13. The van der Waals surface area contributed by atoms with Crippen LogP contribution in [-0.4, -0.2) is 25.3 Å². The van der Waals surface area contributed by atoms with Gasteiger partial charge in [0, 0.05) is 29.3 Å². The van der Waals surface area contributed by atoms with Gasteiger partial charge in [0.25, 0.3) is 0 Å². The summed E-state index contributed by atoms with van der Waals surface area (Å²) in [5.41, 5.74) is 2.19. The molecule has 3 rings (SSSR count). The van der Waals surface area contributed by atoms with Crippen molar-refractivity contribution in [3.8, 4) is 22.8 Å². The Morgan fingerprint density at radius 2 is 1.89 bits per heavy atom. The van der Waals surface area contributed by atoms with Crippen LogP contribution in [0.4, 0.5) is 0 Å². The SMILES string of the molecule is COc1ccc(/C=C/C(=O)OCc2cc(-c3ccccc3)on2)c(OC)c1. The molecule has 3 aromatic rings. The third-order valence-corrected chi connectivity index (χ3v) is 3.82. The number of hydrogen-bond acceptors (Lipinski definition) is 6. The summed E-state index contributed by atoms with van der Waals surface area (Å²) in [5, 5.41) is 3.92. The second kappa shape index (κ2) is 8.71. The van der Waals surface area contributed by atoms with E-state index < -0.39 is 5.97 Å². The van der Waals surface area contributed by atoms with Gasteiger partial charge in [0.1, 0.15) is 23.8 Å². The number of rotatable bonds is 7. The smallest absolute Gasteiger partial charge is 0.331 e. The molecule has 27 heavy (non-hydrogen) atoms. The Morgan fingerprint density at radius 1 is 1.07 bits per heavy atom. The van der Waals surface area contributed by atoms with Crippen LogP contribution in [0.3, 0.4) is 0 Å². The maximum Gasteiger partial charge on any atom is 0.331 e. The molecule has 2 aromatic carbocycles. The molecule has 0 saturated carbocycles. The first-order valence-electron chi connectivity index (χ1n) is 8.27. The number of carbonyl (C=O) groups is 1. The second-order valence-corrected chi connectivity index (χ2v) is 5.60. The number of ether oxygens (including phenoxy) is 3. The highest BCUT2D eigenvalue weighted by Gasteiger charge is 2.08. The van der Waals surface area contributed by atoms with Crippen LogP contribution < -0.4 is 9.47 Å². The molecule has 0 saturated heterocycles. The van der Waals surface area contributed by atoms with Crippen molar-refractivity contribution in [2.45, 2.75) is 6.61 Å². The minimum atomic E-state index is -0.489. The summed E-state index contributed by atoms with van der Waals surface area (Å²) in [5.74, 6) is 1.41. The van der Waals surface area contributed by atoms with Gasteiger partial charge in [-0.3, -0.25) is 0 Å². The van der Waals surface area contributed by atoms with Gasteiger partial charge >= 0.3 is 5.97 Å². The summed E-state index contributed by atoms with van der Waals surface area (Å²) >= 11 is 0. The van der Waals surface area contributed by atoms with Crippen LogP contribution in [-0.2, 0) is 16.1 Å². The molecule has 0 spiro atoms. The van der Waals surface area contributed by atoms with E-state index >= 15 is 0 Å². The van der Waals surface area contributed by atoms with Gasteiger partial charge < -0.3 is 18.7 Å². The average Bonchev–Trinajstić information content (AvgIpc) is 3.20. The van der Waals surface area contributed by atoms with E-state index in [4.69, 9.17) is 18.7 Å².